The molecule has 1 aliphatic heterocycles. The second-order valence-electron chi connectivity index (χ2n) is 9.39. The van der Waals surface area contributed by atoms with Crippen molar-refractivity contribution < 1.29 is 23.7 Å². The number of benzene rings is 2. The third-order valence-electron chi connectivity index (χ3n) is 6.09. The van der Waals surface area contributed by atoms with Crippen molar-refractivity contribution in [3.05, 3.63) is 84.5 Å². The summed E-state index contributed by atoms with van der Waals surface area (Å²) < 4.78 is 24.7. The molecule has 8 nitrogen and oxygen atoms in total. The summed E-state index contributed by atoms with van der Waals surface area (Å²) in [5, 5.41) is 0. The maximum absolute atomic E-state index is 13.9. The number of allylic oxidation sites excluding steroid dienone is 1. The van der Waals surface area contributed by atoms with Gasteiger partial charge in [0.05, 0.1) is 42.7 Å². The van der Waals surface area contributed by atoms with E-state index in [1.807, 2.05) is 49.4 Å². The van der Waals surface area contributed by atoms with Gasteiger partial charge in [-0.25, -0.2) is 9.79 Å². The predicted octanol–water partition coefficient (Wildman–Crippen LogP) is 4.24. The molecule has 1 aliphatic rings. The molecule has 0 amide bonds. The van der Waals surface area contributed by atoms with Crippen LogP contribution in [0.2, 0.25) is 0 Å². The van der Waals surface area contributed by atoms with Crippen molar-refractivity contribution in [2.75, 3.05) is 26.9 Å². The lowest BCUT2D eigenvalue weighted by atomic mass is 9.95. The summed E-state index contributed by atoms with van der Waals surface area (Å²) in [6.45, 7) is 10.8. The van der Waals surface area contributed by atoms with Gasteiger partial charge in [-0.05, 0) is 56.5 Å². The number of hydrogen-bond acceptors (Lipinski definition) is 8. The fraction of sp³-hybridized carbons (Fsp3) is 0.367. The van der Waals surface area contributed by atoms with E-state index < -0.39 is 12.0 Å². The first kappa shape index (κ1) is 28.2. The molecular formula is C30H34N2O6S. The number of para-hydroxylation sites is 1. The van der Waals surface area contributed by atoms with Crippen LogP contribution in [0.4, 0.5) is 0 Å². The van der Waals surface area contributed by atoms with Gasteiger partial charge < -0.3 is 18.9 Å². The lowest BCUT2D eigenvalue weighted by molar-refractivity contribution is -0.139. The zero-order valence-corrected chi connectivity index (χ0v) is 24.0. The molecule has 0 unspecified atom stereocenters. The van der Waals surface area contributed by atoms with Crippen LogP contribution in [0, 0.1) is 5.92 Å². The maximum Gasteiger partial charge on any atom is 0.338 e. The number of methoxy groups -OCH3 is 1. The molecule has 1 aromatic heterocycles. The Kier molecular flexibility index (Phi) is 8.91. The molecule has 0 N–H and O–H groups in total. The van der Waals surface area contributed by atoms with Crippen LogP contribution in [0.1, 0.15) is 51.8 Å². The topological polar surface area (TPSA) is 88.4 Å². The summed E-state index contributed by atoms with van der Waals surface area (Å²) in [4.78, 5) is 32.2. The average molecular weight is 551 g/mol. The number of carbonyl (C=O) groups is 1. The number of nitrogens with zero attached hydrogens (tertiary/aromatic N) is 2. The molecule has 0 saturated carbocycles. The van der Waals surface area contributed by atoms with Crippen molar-refractivity contribution in [3.8, 4) is 17.2 Å². The van der Waals surface area contributed by atoms with Crippen LogP contribution in [-0.4, -0.2) is 37.5 Å². The largest absolute Gasteiger partial charge is 0.494 e. The SMILES string of the molecule is CCOC(=O)C1=C(C)N=c2s/c(=C\c3ccc(OCC(C)C)c(OC)c3)c(=O)n2[C@@H]1c1ccccc1OCC. The number of ether oxygens (including phenoxy) is 4. The fourth-order valence-corrected chi connectivity index (χ4v) is 5.43. The van der Waals surface area contributed by atoms with E-state index in [1.165, 1.54) is 11.3 Å². The molecule has 3 aromatic rings. The molecule has 39 heavy (non-hydrogen) atoms. The van der Waals surface area contributed by atoms with E-state index in [2.05, 4.69) is 18.8 Å². The number of hydrogen-bond donors (Lipinski definition) is 0. The lowest BCUT2D eigenvalue weighted by Crippen LogP contribution is -2.40. The standard InChI is InChI=1S/C30H34N2O6S/c1-7-36-22-12-10-9-11-21(22)27-26(29(34)37-8-2)19(5)31-30-32(27)28(33)25(39-30)16-20-13-14-23(24(15-20)35-6)38-17-18(3)4/h9-16,18,27H,7-8,17H2,1-6H3/b25-16-/t27-/m1/s1. The smallest absolute Gasteiger partial charge is 0.338 e. The first-order chi connectivity index (χ1) is 18.8. The van der Waals surface area contributed by atoms with Crippen molar-refractivity contribution in [3.63, 3.8) is 0 Å². The van der Waals surface area contributed by atoms with Gasteiger partial charge in [0.1, 0.15) is 11.8 Å². The summed E-state index contributed by atoms with van der Waals surface area (Å²) in [5.74, 6) is 1.69. The summed E-state index contributed by atoms with van der Waals surface area (Å²) in [7, 11) is 1.59. The quantitative estimate of drug-likeness (QED) is 0.351. The fourth-order valence-electron chi connectivity index (χ4n) is 4.38. The van der Waals surface area contributed by atoms with Crippen LogP contribution < -0.4 is 29.1 Å². The van der Waals surface area contributed by atoms with E-state index in [9.17, 15) is 9.59 Å². The molecule has 0 aliphatic carbocycles. The van der Waals surface area contributed by atoms with Crippen molar-refractivity contribution in [1.82, 2.24) is 4.57 Å². The molecule has 0 bridgehead atoms. The highest BCUT2D eigenvalue weighted by Crippen LogP contribution is 2.36. The Morgan fingerprint density at radius 2 is 1.85 bits per heavy atom. The molecule has 0 saturated heterocycles. The number of thiazole rings is 1. The molecule has 0 fully saturated rings. The van der Waals surface area contributed by atoms with E-state index in [1.54, 1.807) is 31.6 Å². The van der Waals surface area contributed by atoms with Gasteiger partial charge in [-0.15, -0.1) is 0 Å². The van der Waals surface area contributed by atoms with Crippen LogP contribution in [0.15, 0.2) is 63.5 Å². The Balaban J connectivity index is 1.88. The molecule has 2 aromatic carbocycles. The number of rotatable bonds is 10. The van der Waals surface area contributed by atoms with Crippen molar-refractivity contribution in [1.29, 1.82) is 0 Å². The second kappa shape index (κ2) is 12.3. The van der Waals surface area contributed by atoms with E-state index in [-0.39, 0.29) is 12.2 Å². The minimum Gasteiger partial charge on any atom is -0.494 e. The Bertz CT molecular complexity index is 1570. The minimum atomic E-state index is -0.744. The van der Waals surface area contributed by atoms with Crippen molar-refractivity contribution in [2.45, 2.75) is 40.7 Å². The van der Waals surface area contributed by atoms with Crippen LogP contribution >= 0.6 is 11.3 Å². The van der Waals surface area contributed by atoms with E-state index in [0.717, 1.165) is 5.56 Å². The van der Waals surface area contributed by atoms with Gasteiger partial charge in [0, 0.05) is 5.56 Å². The third kappa shape index (κ3) is 5.93. The number of fused-ring (bicyclic) bond motifs is 1. The molecule has 2 heterocycles. The molecular weight excluding hydrogens is 516 g/mol. The van der Waals surface area contributed by atoms with Gasteiger partial charge in [-0.1, -0.05) is 49.4 Å². The molecule has 1 atom stereocenters. The summed E-state index contributed by atoms with van der Waals surface area (Å²) in [6.07, 6.45) is 1.80. The maximum atomic E-state index is 13.9. The van der Waals surface area contributed by atoms with Gasteiger partial charge in [0.15, 0.2) is 16.3 Å². The van der Waals surface area contributed by atoms with Crippen molar-refractivity contribution in [2.24, 2.45) is 10.9 Å². The number of esters is 1. The van der Waals surface area contributed by atoms with Gasteiger partial charge in [0.25, 0.3) is 5.56 Å². The van der Waals surface area contributed by atoms with Crippen LogP contribution in [0.25, 0.3) is 6.08 Å². The van der Waals surface area contributed by atoms with E-state index in [4.69, 9.17) is 18.9 Å². The normalized spacial score (nSPS) is 15.2. The Labute approximate surface area is 231 Å². The lowest BCUT2D eigenvalue weighted by Gasteiger charge is -2.26. The van der Waals surface area contributed by atoms with E-state index in [0.29, 0.717) is 62.5 Å². The summed E-state index contributed by atoms with van der Waals surface area (Å²) in [6, 6.07) is 12.2. The minimum absolute atomic E-state index is 0.207. The molecule has 206 valence electrons. The third-order valence-corrected chi connectivity index (χ3v) is 7.07. The van der Waals surface area contributed by atoms with Gasteiger partial charge >= 0.3 is 5.97 Å². The zero-order valence-electron chi connectivity index (χ0n) is 23.1. The Morgan fingerprint density at radius 3 is 2.54 bits per heavy atom. The molecule has 4 rings (SSSR count). The second-order valence-corrected chi connectivity index (χ2v) is 10.4. The van der Waals surface area contributed by atoms with Crippen molar-refractivity contribution >= 4 is 23.4 Å². The molecule has 9 heteroatoms. The highest BCUT2D eigenvalue weighted by atomic mass is 32.1. The van der Waals surface area contributed by atoms with Crippen LogP contribution in [0.5, 0.6) is 17.2 Å². The number of aromatic nitrogens is 1. The van der Waals surface area contributed by atoms with Crippen LogP contribution in [-0.2, 0) is 9.53 Å². The average Bonchev–Trinajstić information content (AvgIpc) is 3.21. The highest BCUT2D eigenvalue weighted by Gasteiger charge is 2.35. The van der Waals surface area contributed by atoms with Gasteiger partial charge in [0.2, 0.25) is 0 Å². The van der Waals surface area contributed by atoms with Gasteiger partial charge in [-0.3, -0.25) is 9.36 Å². The monoisotopic (exact) mass is 550 g/mol. The Morgan fingerprint density at radius 1 is 1.08 bits per heavy atom. The van der Waals surface area contributed by atoms with E-state index >= 15 is 0 Å². The summed E-state index contributed by atoms with van der Waals surface area (Å²) >= 11 is 1.27. The van der Waals surface area contributed by atoms with Gasteiger partial charge in [-0.2, -0.15) is 0 Å². The number of carbonyl (C=O) groups excluding carboxylic acids is 1. The molecule has 0 radical (unpaired) electrons. The van der Waals surface area contributed by atoms with Crippen LogP contribution in [0.3, 0.4) is 0 Å². The first-order valence-corrected chi connectivity index (χ1v) is 13.8. The molecule has 0 spiro atoms. The first-order valence-electron chi connectivity index (χ1n) is 13.0. The zero-order chi connectivity index (χ0) is 28.1. The predicted molar refractivity (Wildman–Crippen MR) is 151 cm³/mol. The highest BCUT2D eigenvalue weighted by molar-refractivity contribution is 7.07. The Hall–Kier alpha value is -3.85. The summed E-state index contributed by atoms with van der Waals surface area (Å²) in [5.41, 5.74) is 2.03.